The van der Waals surface area contributed by atoms with Gasteiger partial charge < -0.3 is 15.4 Å². The lowest BCUT2D eigenvalue weighted by molar-refractivity contribution is -0.138. The first-order chi connectivity index (χ1) is 14.5. The van der Waals surface area contributed by atoms with E-state index in [1.165, 1.54) is 18.9 Å². The molecule has 4 rings (SSSR count). The van der Waals surface area contributed by atoms with E-state index in [4.69, 9.17) is 5.11 Å². The number of likely N-dealkylation sites (tertiary alicyclic amines) is 1. The van der Waals surface area contributed by atoms with Crippen LogP contribution in [-0.2, 0) is 10.5 Å². The molecule has 0 amide bonds. The summed E-state index contributed by atoms with van der Waals surface area (Å²) in [6, 6.07) is 3.51. The lowest BCUT2D eigenvalue weighted by atomic mass is 10.1. The number of benzene rings is 1. The number of hydrogen-bond acceptors (Lipinski definition) is 6. The number of carbonyl (C=O) groups is 1. The molecule has 9 heteroatoms. The van der Waals surface area contributed by atoms with Gasteiger partial charge in [-0.05, 0) is 50.9 Å². The van der Waals surface area contributed by atoms with Crippen LogP contribution in [0.1, 0.15) is 44.3 Å². The number of thioether (sulfide) groups is 1. The Hall–Kier alpha value is -2.13. The van der Waals surface area contributed by atoms with Crippen molar-refractivity contribution in [3.05, 3.63) is 34.1 Å². The molecular formula is C21H27FN4O3S. The van der Waals surface area contributed by atoms with E-state index in [-0.39, 0.29) is 11.9 Å². The molecule has 30 heavy (non-hydrogen) atoms. The minimum atomic E-state index is -0.798. The van der Waals surface area contributed by atoms with Crippen LogP contribution in [0.2, 0.25) is 0 Å². The molecule has 2 fully saturated rings. The van der Waals surface area contributed by atoms with Crippen LogP contribution in [0.25, 0.3) is 10.9 Å². The molecule has 2 heterocycles. The minimum Gasteiger partial charge on any atom is -0.480 e. The third-order valence-corrected chi connectivity index (χ3v) is 7.27. The van der Waals surface area contributed by atoms with Crippen molar-refractivity contribution in [2.24, 2.45) is 0 Å². The molecule has 0 atom stereocenters. The maximum Gasteiger partial charge on any atom is 0.317 e. The Balaban J connectivity index is 1.43. The molecule has 0 radical (unpaired) electrons. The van der Waals surface area contributed by atoms with Crippen molar-refractivity contribution in [1.82, 2.24) is 14.9 Å². The monoisotopic (exact) mass is 434 g/mol. The zero-order valence-corrected chi connectivity index (χ0v) is 17.6. The zero-order valence-electron chi connectivity index (χ0n) is 16.8. The van der Waals surface area contributed by atoms with Crippen LogP contribution in [0.3, 0.4) is 0 Å². The summed E-state index contributed by atoms with van der Waals surface area (Å²) >= 11 is 1.71. The quantitative estimate of drug-likeness (QED) is 0.616. The lowest BCUT2D eigenvalue weighted by Crippen LogP contribution is -2.38. The van der Waals surface area contributed by atoms with Gasteiger partial charge in [0.25, 0.3) is 5.56 Å². The van der Waals surface area contributed by atoms with Crippen molar-refractivity contribution in [3.63, 3.8) is 0 Å². The molecule has 2 aromatic rings. The van der Waals surface area contributed by atoms with Crippen molar-refractivity contribution < 1.29 is 14.3 Å². The number of fused-ring (bicyclic) bond motifs is 1. The molecule has 3 N–H and O–H groups in total. The van der Waals surface area contributed by atoms with E-state index in [1.807, 2.05) is 4.90 Å². The molecule has 1 aromatic carbocycles. The van der Waals surface area contributed by atoms with E-state index in [0.29, 0.717) is 34.1 Å². The van der Waals surface area contributed by atoms with Crippen molar-refractivity contribution in [1.29, 1.82) is 0 Å². The molecule has 1 aromatic heterocycles. The average Bonchev–Trinajstić information content (AvgIpc) is 3.19. The van der Waals surface area contributed by atoms with Crippen LogP contribution in [0.15, 0.2) is 16.9 Å². The van der Waals surface area contributed by atoms with Crippen LogP contribution >= 0.6 is 11.8 Å². The second-order valence-electron chi connectivity index (χ2n) is 8.17. The Morgan fingerprint density at radius 3 is 2.70 bits per heavy atom. The van der Waals surface area contributed by atoms with Gasteiger partial charge in [-0.2, -0.15) is 11.8 Å². The molecule has 0 bridgehead atoms. The van der Waals surface area contributed by atoms with Gasteiger partial charge in [-0.25, -0.2) is 9.37 Å². The Morgan fingerprint density at radius 1 is 1.27 bits per heavy atom. The maximum atomic E-state index is 14.6. The molecule has 1 aliphatic carbocycles. The standard InChI is InChI=1S/C21H27FN4O3S/c22-16-9-14(23-13-3-1-2-4-13)10-17-20(16)21(29)25-18(24-17)12-30-15-5-7-26(8-6-15)11-19(27)28/h9-10,13,15,23H,1-8,11-12H2,(H,27,28)(H,24,25,29). The summed E-state index contributed by atoms with van der Waals surface area (Å²) in [5.74, 6) is -0.265. The fourth-order valence-electron chi connectivity index (χ4n) is 4.35. The number of nitrogens with zero attached hydrogens (tertiary/aromatic N) is 2. The molecule has 2 aliphatic rings. The van der Waals surface area contributed by atoms with Crippen LogP contribution in [0.4, 0.5) is 10.1 Å². The fraction of sp³-hybridized carbons (Fsp3) is 0.571. The van der Waals surface area contributed by atoms with E-state index < -0.39 is 17.3 Å². The van der Waals surface area contributed by atoms with Gasteiger partial charge in [0.1, 0.15) is 17.0 Å². The van der Waals surface area contributed by atoms with E-state index in [0.717, 1.165) is 38.8 Å². The molecule has 7 nitrogen and oxygen atoms in total. The van der Waals surface area contributed by atoms with Crippen LogP contribution in [-0.4, -0.2) is 56.9 Å². The summed E-state index contributed by atoms with van der Waals surface area (Å²) in [5.41, 5.74) is 0.609. The highest BCUT2D eigenvalue weighted by molar-refractivity contribution is 7.99. The summed E-state index contributed by atoms with van der Waals surface area (Å²) in [5, 5.41) is 12.7. The Bertz CT molecular complexity index is 969. The Kier molecular flexibility index (Phi) is 6.58. The van der Waals surface area contributed by atoms with E-state index in [9.17, 15) is 14.0 Å². The fourth-order valence-corrected chi connectivity index (χ4v) is 5.43. The highest BCUT2D eigenvalue weighted by Crippen LogP contribution is 2.27. The van der Waals surface area contributed by atoms with Gasteiger partial charge in [-0.1, -0.05) is 12.8 Å². The number of H-pyrrole nitrogens is 1. The van der Waals surface area contributed by atoms with Crippen molar-refractivity contribution in [3.8, 4) is 0 Å². The first kappa shape index (κ1) is 21.1. The van der Waals surface area contributed by atoms with E-state index in [2.05, 4.69) is 15.3 Å². The second kappa shape index (κ2) is 9.34. The normalized spacial score (nSPS) is 18.8. The Morgan fingerprint density at radius 2 is 2.00 bits per heavy atom. The molecule has 1 saturated heterocycles. The third-order valence-electron chi connectivity index (χ3n) is 5.88. The van der Waals surface area contributed by atoms with Gasteiger partial charge in [0.15, 0.2) is 0 Å². The number of hydrogen-bond donors (Lipinski definition) is 3. The number of rotatable bonds is 7. The molecular weight excluding hydrogens is 407 g/mol. The summed E-state index contributed by atoms with van der Waals surface area (Å²) < 4.78 is 14.6. The molecule has 1 saturated carbocycles. The van der Waals surface area contributed by atoms with Gasteiger partial charge >= 0.3 is 5.97 Å². The summed E-state index contributed by atoms with van der Waals surface area (Å²) in [6.07, 6.45) is 6.33. The Labute approximate surface area is 178 Å². The largest absolute Gasteiger partial charge is 0.480 e. The predicted octanol–water partition coefficient (Wildman–Crippen LogP) is 3.20. The minimum absolute atomic E-state index is 0.00250. The number of halogens is 1. The number of anilines is 1. The molecule has 162 valence electrons. The highest BCUT2D eigenvalue weighted by atomic mass is 32.2. The number of nitrogens with one attached hydrogen (secondary N) is 2. The SMILES string of the molecule is O=C(O)CN1CCC(SCc2nc3cc(NC4CCCC4)cc(F)c3c(=O)[nH]2)CC1. The van der Waals surface area contributed by atoms with Crippen molar-refractivity contribution >= 4 is 34.3 Å². The summed E-state index contributed by atoms with van der Waals surface area (Å²) in [6.45, 7) is 1.60. The molecule has 0 spiro atoms. The van der Waals surface area contributed by atoms with Gasteiger partial charge in [0, 0.05) is 17.0 Å². The van der Waals surface area contributed by atoms with Crippen molar-refractivity contribution in [2.75, 3.05) is 25.0 Å². The van der Waals surface area contributed by atoms with E-state index in [1.54, 1.807) is 17.8 Å². The van der Waals surface area contributed by atoms with E-state index >= 15 is 0 Å². The molecule has 0 unspecified atom stereocenters. The molecule has 1 aliphatic heterocycles. The zero-order chi connectivity index (χ0) is 21.1. The predicted molar refractivity (Wildman–Crippen MR) is 117 cm³/mol. The number of piperidine rings is 1. The third kappa shape index (κ3) is 5.13. The average molecular weight is 435 g/mol. The topological polar surface area (TPSA) is 98.3 Å². The van der Waals surface area contributed by atoms with Crippen LogP contribution in [0.5, 0.6) is 0 Å². The first-order valence-corrected chi connectivity index (χ1v) is 11.6. The number of aromatic amines is 1. The number of aliphatic carboxylic acids is 1. The van der Waals surface area contributed by atoms with Crippen molar-refractivity contribution in [2.45, 2.75) is 55.6 Å². The number of carboxylic acid groups (broad SMARTS) is 1. The lowest BCUT2D eigenvalue weighted by Gasteiger charge is -2.30. The van der Waals surface area contributed by atoms with Gasteiger partial charge in [0.2, 0.25) is 0 Å². The van der Waals surface area contributed by atoms with Gasteiger partial charge in [-0.15, -0.1) is 0 Å². The smallest absolute Gasteiger partial charge is 0.317 e. The summed E-state index contributed by atoms with van der Waals surface area (Å²) in [7, 11) is 0. The maximum absolute atomic E-state index is 14.6. The van der Waals surface area contributed by atoms with Crippen LogP contribution in [0, 0.1) is 5.82 Å². The first-order valence-electron chi connectivity index (χ1n) is 10.5. The second-order valence-corrected chi connectivity index (χ2v) is 9.46. The summed E-state index contributed by atoms with van der Waals surface area (Å²) in [4.78, 5) is 32.5. The number of aromatic nitrogens is 2. The van der Waals surface area contributed by atoms with Crippen LogP contribution < -0.4 is 10.9 Å². The highest BCUT2D eigenvalue weighted by Gasteiger charge is 2.22. The van der Waals surface area contributed by atoms with Gasteiger partial charge in [0.05, 0.1) is 17.8 Å². The number of carboxylic acids is 1. The van der Waals surface area contributed by atoms with Gasteiger partial charge in [-0.3, -0.25) is 14.5 Å².